The summed E-state index contributed by atoms with van der Waals surface area (Å²) in [5.41, 5.74) is 7.35. The molecular formula is C14H22N6. The predicted molar refractivity (Wildman–Crippen MR) is 79.2 cm³/mol. The first-order chi connectivity index (χ1) is 9.79. The summed E-state index contributed by atoms with van der Waals surface area (Å²) < 4.78 is 2.07. The van der Waals surface area contributed by atoms with Crippen LogP contribution in [0.4, 0.5) is 5.82 Å². The predicted octanol–water partition coefficient (Wildman–Crippen LogP) is 1.67. The fraction of sp³-hybridized carbons (Fsp3) is 0.643. The molecule has 0 aliphatic carbocycles. The normalized spacial score (nSPS) is 19.9. The topological polar surface area (TPSA) is 72.9 Å². The molecule has 0 saturated carbocycles. The Balaban J connectivity index is 1.61. The Kier molecular flexibility index (Phi) is 3.82. The van der Waals surface area contributed by atoms with Gasteiger partial charge in [0, 0.05) is 19.1 Å². The largest absolute Gasteiger partial charge is 0.382 e. The summed E-state index contributed by atoms with van der Waals surface area (Å²) in [5.74, 6) is 0.458. The Morgan fingerprint density at radius 3 is 3.05 bits per heavy atom. The zero-order chi connectivity index (χ0) is 13.9. The highest BCUT2D eigenvalue weighted by Gasteiger charge is 2.21. The van der Waals surface area contributed by atoms with E-state index in [2.05, 4.69) is 31.3 Å². The summed E-state index contributed by atoms with van der Waals surface area (Å²) in [5, 5.41) is 0. The van der Waals surface area contributed by atoms with Gasteiger partial charge in [0.15, 0.2) is 11.5 Å². The first-order valence-corrected chi connectivity index (χ1v) is 7.45. The summed E-state index contributed by atoms with van der Waals surface area (Å²) in [6, 6.07) is 0.785. The van der Waals surface area contributed by atoms with Gasteiger partial charge in [0.2, 0.25) is 0 Å². The third kappa shape index (κ3) is 2.47. The molecule has 3 heterocycles. The quantitative estimate of drug-likeness (QED) is 0.898. The van der Waals surface area contributed by atoms with E-state index in [0.29, 0.717) is 11.3 Å². The van der Waals surface area contributed by atoms with Gasteiger partial charge < -0.3 is 15.2 Å². The van der Waals surface area contributed by atoms with Gasteiger partial charge >= 0.3 is 0 Å². The van der Waals surface area contributed by atoms with E-state index < -0.39 is 0 Å². The molecule has 6 nitrogen and oxygen atoms in total. The molecule has 0 amide bonds. The van der Waals surface area contributed by atoms with Crippen molar-refractivity contribution >= 4 is 17.0 Å². The fourth-order valence-corrected chi connectivity index (χ4v) is 3.16. The molecule has 108 valence electrons. The number of nitrogen functional groups attached to an aromatic ring is 1. The van der Waals surface area contributed by atoms with Crippen molar-refractivity contribution in [2.24, 2.45) is 0 Å². The smallest absolute Gasteiger partial charge is 0.165 e. The third-order valence-electron chi connectivity index (χ3n) is 4.24. The van der Waals surface area contributed by atoms with Gasteiger partial charge in [-0.2, -0.15) is 0 Å². The van der Waals surface area contributed by atoms with Gasteiger partial charge in [0.25, 0.3) is 0 Å². The molecular weight excluding hydrogens is 252 g/mol. The molecule has 1 saturated heterocycles. The lowest BCUT2D eigenvalue weighted by molar-refractivity contribution is 0.241. The van der Waals surface area contributed by atoms with Crippen LogP contribution in [0.5, 0.6) is 0 Å². The Labute approximate surface area is 119 Å². The molecule has 1 aliphatic rings. The molecule has 0 aromatic carbocycles. The molecule has 1 unspecified atom stereocenters. The molecule has 2 aromatic heterocycles. The second-order valence-electron chi connectivity index (χ2n) is 5.46. The van der Waals surface area contributed by atoms with Crippen LogP contribution in [0.25, 0.3) is 11.2 Å². The van der Waals surface area contributed by atoms with Crippen molar-refractivity contribution in [3.05, 3.63) is 12.7 Å². The van der Waals surface area contributed by atoms with E-state index in [0.717, 1.165) is 31.2 Å². The monoisotopic (exact) mass is 274 g/mol. The second-order valence-corrected chi connectivity index (χ2v) is 5.46. The zero-order valence-electron chi connectivity index (χ0n) is 12.0. The number of hydrogen-bond acceptors (Lipinski definition) is 5. The van der Waals surface area contributed by atoms with Gasteiger partial charge in [-0.15, -0.1) is 0 Å². The van der Waals surface area contributed by atoms with Crippen LogP contribution in [0.3, 0.4) is 0 Å². The first kappa shape index (κ1) is 13.3. The van der Waals surface area contributed by atoms with Crippen molar-refractivity contribution < 1.29 is 0 Å². The Bertz CT molecular complexity index is 578. The Morgan fingerprint density at radius 1 is 1.30 bits per heavy atom. The lowest BCUT2D eigenvalue weighted by Gasteiger charge is -2.23. The lowest BCUT2D eigenvalue weighted by Crippen LogP contribution is -2.30. The first-order valence-electron chi connectivity index (χ1n) is 7.45. The minimum Gasteiger partial charge on any atom is -0.382 e. The summed E-state index contributed by atoms with van der Waals surface area (Å²) in [6.45, 7) is 5.61. The van der Waals surface area contributed by atoms with Gasteiger partial charge in [-0.05, 0) is 32.2 Å². The van der Waals surface area contributed by atoms with Crippen LogP contribution < -0.4 is 5.73 Å². The molecule has 3 rings (SSSR count). The highest BCUT2D eigenvalue weighted by atomic mass is 15.2. The number of fused-ring (bicyclic) bond motifs is 1. The lowest BCUT2D eigenvalue weighted by atomic mass is 10.2. The van der Waals surface area contributed by atoms with Crippen molar-refractivity contribution in [2.75, 3.05) is 18.8 Å². The highest BCUT2D eigenvalue weighted by molar-refractivity contribution is 5.80. The van der Waals surface area contributed by atoms with Crippen LogP contribution in [0, 0.1) is 0 Å². The van der Waals surface area contributed by atoms with Crippen LogP contribution in [-0.2, 0) is 6.54 Å². The molecule has 2 N–H and O–H groups in total. The van der Waals surface area contributed by atoms with E-state index in [1.165, 1.54) is 32.1 Å². The highest BCUT2D eigenvalue weighted by Crippen LogP contribution is 2.20. The SMILES string of the molecule is CCC1CCCN1CCCn1cnc2c(N)ncnc21. The van der Waals surface area contributed by atoms with E-state index in [-0.39, 0.29) is 0 Å². The summed E-state index contributed by atoms with van der Waals surface area (Å²) in [4.78, 5) is 15.2. The van der Waals surface area contributed by atoms with Crippen LogP contribution in [0.1, 0.15) is 32.6 Å². The second kappa shape index (κ2) is 5.75. The average Bonchev–Trinajstić information content (AvgIpc) is 3.07. The Morgan fingerprint density at radius 2 is 2.20 bits per heavy atom. The fourth-order valence-electron chi connectivity index (χ4n) is 3.16. The molecule has 2 aromatic rings. The number of anilines is 1. The van der Waals surface area contributed by atoms with E-state index >= 15 is 0 Å². The van der Waals surface area contributed by atoms with Crippen molar-refractivity contribution in [2.45, 2.75) is 45.2 Å². The summed E-state index contributed by atoms with van der Waals surface area (Å²) in [7, 11) is 0. The van der Waals surface area contributed by atoms with Crippen LogP contribution in [-0.4, -0.2) is 43.6 Å². The number of rotatable bonds is 5. The maximum Gasteiger partial charge on any atom is 0.165 e. The zero-order valence-corrected chi connectivity index (χ0v) is 12.0. The molecule has 0 radical (unpaired) electrons. The van der Waals surface area contributed by atoms with Crippen molar-refractivity contribution in [1.29, 1.82) is 0 Å². The molecule has 0 spiro atoms. The molecule has 1 atom stereocenters. The standard InChI is InChI=1S/C14H22N6/c1-2-11-5-3-6-19(11)7-4-8-20-10-18-12-13(15)16-9-17-14(12)20/h9-11H,2-8H2,1H3,(H2,15,16,17). The van der Waals surface area contributed by atoms with E-state index in [9.17, 15) is 0 Å². The number of nitrogens with two attached hydrogens (primary N) is 1. The van der Waals surface area contributed by atoms with Gasteiger partial charge in [0.1, 0.15) is 11.8 Å². The van der Waals surface area contributed by atoms with Crippen LogP contribution in [0.2, 0.25) is 0 Å². The maximum absolute atomic E-state index is 5.80. The van der Waals surface area contributed by atoms with Gasteiger partial charge in [-0.1, -0.05) is 6.92 Å². The van der Waals surface area contributed by atoms with E-state index in [1.807, 2.05) is 6.33 Å². The van der Waals surface area contributed by atoms with Crippen molar-refractivity contribution in [3.63, 3.8) is 0 Å². The van der Waals surface area contributed by atoms with E-state index in [1.54, 1.807) is 0 Å². The van der Waals surface area contributed by atoms with Gasteiger partial charge in [0.05, 0.1) is 6.33 Å². The van der Waals surface area contributed by atoms with E-state index in [4.69, 9.17) is 5.73 Å². The number of nitrogens with zero attached hydrogens (tertiary/aromatic N) is 5. The van der Waals surface area contributed by atoms with Crippen LogP contribution >= 0.6 is 0 Å². The van der Waals surface area contributed by atoms with Crippen molar-refractivity contribution in [1.82, 2.24) is 24.4 Å². The number of aryl methyl sites for hydroxylation is 1. The number of aromatic nitrogens is 4. The minimum atomic E-state index is 0.458. The molecule has 0 bridgehead atoms. The number of likely N-dealkylation sites (tertiary alicyclic amines) is 1. The molecule has 1 aliphatic heterocycles. The number of hydrogen-bond donors (Lipinski definition) is 1. The molecule has 1 fully saturated rings. The minimum absolute atomic E-state index is 0.458. The molecule has 6 heteroatoms. The summed E-state index contributed by atoms with van der Waals surface area (Å²) >= 11 is 0. The number of imidazole rings is 1. The van der Waals surface area contributed by atoms with Gasteiger partial charge in [-0.25, -0.2) is 15.0 Å². The van der Waals surface area contributed by atoms with Crippen molar-refractivity contribution in [3.8, 4) is 0 Å². The molecule has 20 heavy (non-hydrogen) atoms. The summed E-state index contributed by atoms with van der Waals surface area (Å²) in [6.07, 6.45) is 8.40. The van der Waals surface area contributed by atoms with Crippen LogP contribution in [0.15, 0.2) is 12.7 Å². The average molecular weight is 274 g/mol. The Hall–Kier alpha value is -1.69. The maximum atomic E-state index is 5.80. The third-order valence-corrected chi connectivity index (χ3v) is 4.24. The van der Waals surface area contributed by atoms with Gasteiger partial charge in [-0.3, -0.25) is 0 Å².